The number of carbonyl (C=O) groups is 1. The Bertz CT molecular complexity index is 180. The van der Waals surface area contributed by atoms with Crippen molar-refractivity contribution in [1.29, 1.82) is 0 Å². The zero-order valence-electron chi connectivity index (χ0n) is 6.44. The second-order valence-corrected chi connectivity index (χ2v) is 2.59. The van der Waals surface area contributed by atoms with E-state index >= 15 is 0 Å². The summed E-state index contributed by atoms with van der Waals surface area (Å²) in [7, 11) is 0. The third kappa shape index (κ3) is 1.20. The fourth-order valence-electron chi connectivity index (χ4n) is 1.09. The smallest absolute Gasteiger partial charge is 0.334 e. The molecule has 0 aromatic carbocycles. The van der Waals surface area contributed by atoms with Crippen LogP contribution in [0.25, 0.3) is 0 Å². The summed E-state index contributed by atoms with van der Waals surface area (Å²) >= 11 is 0. The third-order valence-electron chi connectivity index (χ3n) is 1.68. The van der Waals surface area contributed by atoms with E-state index in [1.165, 1.54) is 0 Å². The van der Waals surface area contributed by atoms with Gasteiger partial charge in [0.05, 0.1) is 0 Å². The lowest BCUT2D eigenvalue weighted by molar-refractivity contribution is -0.136. The van der Waals surface area contributed by atoms with E-state index in [2.05, 4.69) is 6.92 Å². The molecule has 1 aliphatic rings. The zero-order valence-corrected chi connectivity index (χ0v) is 6.44. The maximum absolute atomic E-state index is 10.9. The first-order valence-electron chi connectivity index (χ1n) is 3.61. The van der Waals surface area contributed by atoms with E-state index in [0.717, 1.165) is 24.0 Å². The molecule has 0 saturated heterocycles. The lowest BCUT2D eigenvalue weighted by Crippen LogP contribution is -1.98. The SMILES string of the molecule is CCCC1=C(C)COC1=O. The number of hydrogen-bond acceptors (Lipinski definition) is 2. The summed E-state index contributed by atoms with van der Waals surface area (Å²) in [5.74, 6) is -0.112. The second kappa shape index (κ2) is 2.86. The summed E-state index contributed by atoms with van der Waals surface area (Å²) in [6.07, 6.45) is 1.88. The Labute approximate surface area is 60.9 Å². The first-order valence-corrected chi connectivity index (χ1v) is 3.61. The van der Waals surface area contributed by atoms with Gasteiger partial charge in [-0.15, -0.1) is 0 Å². The van der Waals surface area contributed by atoms with E-state index in [1.54, 1.807) is 0 Å². The van der Waals surface area contributed by atoms with Crippen LogP contribution in [-0.4, -0.2) is 12.6 Å². The lowest BCUT2D eigenvalue weighted by atomic mass is 10.1. The Hall–Kier alpha value is -0.790. The first kappa shape index (κ1) is 7.32. The van der Waals surface area contributed by atoms with Crippen molar-refractivity contribution < 1.29 is 9.53 Å². The molecule has 0 atom stereocenters. The van der Waals surface area contributed by atoms with Crippen molar-refractivity contribution in [2.24, 2.45) is 0 Å². The summed E-state index contributed by atoms with van der Waals surface area (Å²) in [5, 5.41) is 0. The van der Waals surface area contributed by atoms with Gasteiger partial charge in [-0.3, -0.25) is 0 Å². The minimum absolute atomic E-state index is 0.112. The molecule has 0 radical (unpaired) electrons. The Morgan fingerprint density at radius 3 is 2.70 bits per heavy atom. The van der Waals surface area contributed by atoms with Crippen LogP contribution in [0.5, 0.6) is 0 Å². The molecule has 0 amide bonds. The largest absolute Gasteiger partial charge is 0.458 e. The molecule has 1 aliphatic heterocycles. The standard InChI is InChI=1S/C8H12O2/c1-3-4-7-6(2)5-10-8(7)9/h3-5H2,1-2H3. The van der Waals surface area contributed by atoms with Crippen LogP contribution in [0.15, 0.2) is 11.1 Å². The molecule has 10 heavy (non-hydrogen) atoms. The molecular weight excluding hydrogens is 128 g/mol. The van der Waals surface area contributed by atoms with Gasteiger partial charge >= 0.3 is 5.97 Å². The normalized spacial score (nSPS) is 18.0. The van der Waals surface area contributed by atoms with Crippen molar-refractivity contribution in [3.63, 3.8) is 0 Å². The molecule has 0 N–H and O–H groups in total. The zero-order chi connectivity index (χ0) is 7.56. The van der Waals surface area contributed by atoms with E-state index < -0.39 is 0 Å². The Morgan fingerprint density at radius 2 is 2.30 bits per heavy atom. The number of hydrogen-bond donors (Lipinski definition) is 0. The molecule has 56 valence electrons. The highest BCUT2D eigenvalue weighted by atomic mass is 16.5. The number of esters is 1. The topological polar surface area (TPSA) is 26.3 Å². The molecule has 2 nitrogen and oxygen atoms in total. The molecule has 2 heteroatoms. The predicted octanol–water partition coefficient (Wildman–Crippen LogP) is 1.66. The minimum atomic E-state index is -0.112. The summed E-state index contributed by atoms with van der Waals surface area (Å²) in [6.45, 7) is 4.52. The summed E-state index contributed by atoms with van der Waals surface area (Å²) < 4.78 is 4.82. The van der Waals surface area contributed by atoms with Crippen molar-refractivity contribution in [2.75, 3.05) is 6.61 Å². The molecule has 0 unspecified atom stereocenters. The highest BCUT2D eigenvalue weighted by molar-refractivity contribution is 5.91. The van der Waals surface area contributed by atoms with E-state index in [-0.39, 0.29) is 5.97 Å². The Balaban J connectivity index is 2.68. The minimum Gasteiger partial charge on any atom is -0.458 e. The van der Waals surface area contributed by atoms with Gasteiger partial charge in [0.2, 0.25) is 0 Å². The first-order chi connectivity index (χ1) is 4.75. The van der Waals surface area contributed by atoms with Crippen LogP contribution < -0.4 is 0 Å². The summed E-state index contributed by atoms with van der Waals surface area (Å²) in [6, 6.07) is 0. The Morgan fingerprint density at radius 1 is 1.60 bits per heavy atom. The van der Waals surface area contributed by atoms with Crippen LogP contribution in [0.4, 0.5) is 0 Å². The van der Waals surface area contributed by atoms with Crippen LogP contribution in [-0.2, 0) is 9.53 Å². The molecule has 0 aromatic rings. The average molecular weight is 140 g/mol. The Kier molecular flexibility index (Phi) is 2.10. The molecule has 1 heterocycles. The van der Waals surface area contributed by atoms with Crippen molar-refractivity contribution in [3.05, 3.63) is 11.1 Å². The number of ether oxygens (including phenoxy) is 1. The fourth-order valence-corrected chi connectivity index (χ4v) is 1.09. The van der Waals surface area contributed by atoms with Crippen LogP contribution in [0.2, 0.25) is 0 Å². The molecule has 0 aliphatic carbocycles. The molecule has 0 saturated carbocycles. The highest BCUT2D eigenvalue weighted by Gasteiger charge is 2.19. The van der Waals surface area contributed by atoms with Gasteiger partial charge in [-0.05, 0) is 18.9 Å². The van der Waals surface area contributed by atoms with Gasteiger partial charge in [0.15, 0.2) is 0 Å². The van der Waals surface area contributed by atoms with Crippen molar-refractivity contribution >= 4 is 5.97 Å². The molecule has 1 rings (SSSR count). The second-order valence-electron chi connectivity index (χ2n) is 2.59. The van der Waals surface area contributed by atoms with Gasteiger partial charge in [-0.1, -0.05) is 13.3 Å². The maximum atomic E-state index is 10.9. The van der Waals surface area contributed by atoms with Crippen LogP contribution in [0, 0.1) is 0 Å². The van der Waals surface area contributed by atoms with Gasteiger partial charge in [-0.2, -0.15) is 0 Å². The average Bonchev–Trinajstić information content (AvgIpc) is 2.20. The van der Waals surface area contributed by atoms with E-state index in [0.29, 0.717) is 6.61 Å². The number of carbonyl (C=O) groups excluding carboxylic acids is 1. The maximum Gasteiger partial charge on any atom is 0.334 e. The van der Waals surface area contributed by atoms with Gasteiger partial charge in [0.1, 0.15) is 6.61 Å². The molecule has 0 bridgehead atoms. The van der Waals surface area contributed by atoms with Crippen molar-refractivity contribution in [3.8, 4) is 0 Å². The van der Waals surface area contributed by atoms with Gasteiger partial charge in [0, 0.05) is 5.57 Å². The fraction of sp³-hybridized carbons (Fsp3) is 0.625. The number of cyclic esters (lactones) is 1. The van der Waals surface area contributed by atoms with Gasteiger partial charge < -0.3 is 4.74 Å². The van der Waals surface area contributed by atoms with Crippen molar-refractivity contribution in [1.82, 2.24) is 0 Å². The summed E-state index contributed by atoms with van der Waals surface area (Å²) in [5.41, 5.74) is 1.99. The van der Waals surface area contributed by atoms with Crippen molar-refractivity contribution in [2.45, 2.75) is 26.7 Å². The third-order valence-corrected chi connectivity index (χ3v) is 1.68. The van der Waals surface area contributed by atoms with Gasteiger partial charge in [-0.25, -0.2) is 4.79 Å². The van der Waals surface area contributed by atoms with Gasteiger partial charge in [0.25, 0.3) is 0 Å². The van der Waals surface area contributed by atoms with Crippen LogP contribution in [0.1, 0.15) is 26.7 Å². The molecule has 0 aromatic heterocycles. The van der Waals surface area contributed by atoms with E-state index in [4.69, 9.17) is 4.74 Å². The van der Waals surface area contributed by atoms with Crippen LogP contribution in [0.3, 0.4) is 0 Å². The molecule has 0 spiro atoms. The predicted molar refractivity (Wildman–Crippen MR) is 38.6 cm³/mol. The summed E-state index contributed by atoms with van der Waals surface area (Å²) in [4.78, 5) is 10.9. The monoisotopic (exact) mass is 140 g/mol. The number of rotatable bonds is 2. The highest BCUT2D eigenvalue weighted by Crippen LogP contribution is 2.19. The van der Waals surface area contributed by atoms with E-state index in [1.807, 2.05) is 6.92 Å². The quantitative estimate of drug-likeness (QED) is 0.545. The molecule has 0 fully saturated rings. The molecular formula is C8H12O2. The lowest BCUT2D eigenvalue weighted by Gasteiger charge is -1.94. The van der Waals surface area contributed by atoms with E-state index in [9.17, 15) is 4.79 Å². The van der Waals surface area contributed by atoms with Crippen LogP contribution >= 0.6 is 0 Å².